The van der Waals surface area contributed by atoms with Crippen LogP contribution in [0.2, 0.25) is 0 Å². The summed E-state index contributed by atoms with van der Waals surface area (Å²) in [5, 5.41) is 3.65. The molecule has 5 atom stereocenters. The first-order valence-corrected chi connectivity index (χ1v) is 12.9. The van der Waals surface area contributed by atoms with E-state index in [1.807, 2.05) is 54.6 Å². The highest BCUT2D eigenvalue weighted by atomic mass is 16.6. The minimum absolute atomic E-state index is 0.242. The van der Waals surface area contributed by atoms with Crippen LogP contribution in [-0.4, -0.2) is 54.7 Å². The lowest BCUT2D eigenvalue weighted by Crippen LogP contribution is -2.43. The van der Waals surface area contributed by atoms with Crippen molar-refractivity contribution >= 4 is 0 Å². The van der Waals surface area contributed by atoms with Crippen molar-refractivity contribution in [2.45, 2.75) is 56.7 Å². The zero-order valence-corrected chi connectivity index (χ0v) is 22.4. The molecule has 1 aliphatic rings. The second kappa shape index (κ2) is 14.5. The average Bonchev–Trinajstić information content (AvgIpc) is 3.34. The highest BCUT2D eigenvalue weighted by molar-refractivity contribution is 5.26. The first-order chi connectivity index (χ1) is 19.5. The molecule has 1 saturated heterocycles. The standard InChI is InChI=1S/C28H33N5O7/c1-36-21-12-10-20(11-13-21)18-39-25-24(40-27(26(25)37-2)33-16-14-23(34)31-28(33)35)22(9-6-15-30-32-29)38-17-19-7-4-3-5-8-19/h3-5,7-8,10-14,16,22,24-27H,6,9,15,17-18H2,1-2H3,(H,31,34,35)/t22?,24-,25-,26-,27-/m1/s1. The van der Waals surface area contributed by atoms with Gasteiger partial charge in [0.25, 0.3) is 5.56 Å². The van der Waals surface area contributed by atoms with Gasteiger partial charge in [0.05, 0.1) is 26.4 Å². The number of nitrogens with one attached hydrogen (secondary N) is 1. The van der Waals surface area contributed by atoms with Gasteiger partial charge in [-0.3, -0.25) is 14.3 Å². The van der Waals surface area contributed by atoms with E-state index in [4.69, 9.17) is 29.2 Å². The van der Waals surface area contributed by atoms with Crippen molar-refractivity contribution in [1.29, 1.82) is 0 Å². The molecule has 2 aromatic carbocycles. The fraction of sp³-hybridized carbons (Fsp3) is 0.429. The summed E-state index contributed by atoms with van der Waals surface area (Å²) < 4.78 is 31.6. The Labute approximate surface area is 231 Å². The lowest BCUT2D eigenvalue weighted by molar-refractivity contribution is -0.127. The Morgan fingerprint density at radius 1 is 1.02 bits per heavy atom. The van der Waals surface area contributed by atoms with Gasteiger partial charge in [-0.2, -0.15) is 0 Å². The number of methoxy groups -OCH3 is 2. The van der Waals surface area contributed by atoms with Crippen molar-refractivity contribution in [2.24, 2.45) is 5.11 Å². The lowest BCUT2D eigenvalue weighted by Gasteiger charge is -2.29. The van der Waals surface area contributed by atoms with Gasteiger partial charge in [0, 0.05) is 30.8 Å². The van der Waals surface area contributed by atoms with Crippen LogP contribution in [0.5, 0.6) is 5.75 Å². The molecule has 12 heteroatoms. The number of aromatic amines is 1. The highest BCUT2D eigenvalue weighted by Crippen LogP contribution is 2.37. The molecule has 1 aromatic heterocycles. The van der Waals surface area contributed by atoms with Gasteiger partial charge in [-0.15, -0.1) is 0 Å². The summed E-state index contributed by atoms with van der Waals surface area (Å²) in [7, 11) is 3.12. The molecule has 1 aliphatic heterocycles. The van der Waals surface area contributed by atoms with Crippen LogP contribution in [0.1, 0.15) is 30.2 Å². The predicted molar refractivity (Wildman–Crippen MR) is 146 cm³/mol. The van der Waals surface area contributed by atoms with Crippen molar-refractivity contribution in [1.82, 2.24) is 9.55 Å². The Bertz CT molecular complexity index is 1370. The van der Waals surface area contributed by atoms with Crippen LogP contribution in [0, 0.1) is 0 Å². The smallest absolute Gasteiger partial charge is 0.330 e. The van der Waals surface area contributed by atoms with Crippen molar-refractivity contribution in [2.75, 3.05) is 20.8 Å². The van der Waals surface area contributed by atoms with Crippen molar-refractivity contribution in [3.63, 3.8) is 0 Å². The Hall–Kier alpha value is -3.93. The number of H-pyrrole nitrogens is 1. The van der Waals surface area contributed by atoms with Crippen molar-refractivity contribution in [3.05, 3.63) is 109 Å². The van der Waals surface area contributed by atoms with Gasteiger partial charge < -0.3 is 23.7 Å². The SMILES string of the molecule is COc1ccc(CO[C@H]2[C@@H](OC)[C@H](n3ccc(=O)[nH]c3=O)O[C@@H]2C(CCCN=[N+]=[N-])OCc2ccccc2)cc1. The zero-order valence-electron chi connectivity index (χ0n) is 22.4. The maximum Gasteiger partial charge on any atom is 0.330 e. The minimum atomic E-state index is -0.889. The molecule has 40 heavy (non-hydrogen) atoms. The van der Waals surface area contributed by atoms with E-state index in [0.717, 1.165) is 16.9 Å². The highest BCUT2D eigenvalue weighted by Gasteiger charge is 2.50. The van der Waals surface area contributed by atoms with Crippen LogP contribution in [0.4, 0.5) is 0 Å². The monoisotopic (exact) mass is 551 g/mol. The van der Waals surface area contributed by atoms with Gasteiger partial charge in [0.15, 0.2) is 6.23 Å². The second-order valence-electron chi connectivity index (χ2n) is 9.26. The molecule has 2 heterocycles. The van der Waals surface area contributed by atoms with E-state index in [1.54, 1.807) is 7.11 Å². The Balaban J connectivity index is 1.63. The van der Waals surface area contributed by atoms with Gasteiger partial charge in [-0.05, 0) is 41.6 Å². The Morgan fingerprint density at radius 2 is 1.77 bits per heavy atom. The lowest BCUT2D eigenvalue weighted by atomic mass is 10.0. The van der Waals surface area contributed by atoms with E-state index in [-0.39, 0.29) is 6.61 Å². The molecular formula is C28H33N5O7. The van der Waals surface area contributed by atoms with Crippen molar-refractivity contribution in [3.8, 4) is 5.75 Å². The first kappa shape index (κ1) is 29.1. The molecule has 0 aliphatic carbocycles. The molecule has 0 saturated carbocycles. The summed E-state index contributed by atoms with van der Waals surface area (Å²) in [6, 6.07) is 18.5. The number of hydrogen-bond acceptors (Lipinski definition) is 8. The van der Waals surface area contributed by atoms with E-state index in [9.17, 15) is 9.59 Å². The summed E-state index contributed by atoms with van der Waals surface area (Å²) in [5.74, 6) is 0.729. The van der Waals surface area contributed by atoms with Crippen LogP contribution >= 0.6 is 0 Å². The molecule has 0 radical (unpaired) electrons. The first-order valence-electron chi connectivity index (χ1n) is 12.9. The maximum atomic E-state index is 12.7. The molecule has 212 valence electrons. The fourth-order valence-corrected chi connectivity index (χ4v) is 4.70. The van der Waals surface area contributed by atoms with Crippen molar-refractivity contribution < 1.29 is 23.7 Å². The van der Waals surface area contributed by atoms with Crippen LogP contribution in [0.25, 0.3) is 10.4 Å². The average molecular weight is 552 g/mol. The summed E-state index contributed by atoms with van der Waals surface area (Å²) in [5.41, 5.74) is 9.47. The summed E-state index contributed by atoms with van der Waals surface area (Å²) in [6.07, 6.45) is -0.943. The number of ether oxygens (including phenoxy) is 5. The van der Waals surface area contributed by atoms with Crippen LogP contribution in [0.3, 0.4) is 0 Å². The predicted octanol–water partition coefficient (Wildman–Crippen LogP) is 3.72. The molecule has 4 rings (SSSR count). The number of rotatable bonds is 14. The quantitative estimate of drug-likeness (QED) is 0.139. The molecule has 0 bridgehead atoms. The largest absolute Gasteiger partial charge is 0.497 e. The third kappa shape index (κ3) is 7.38. The maximum absolute atomic E-state index is 12.7. The van der Waals surface area contributed by atoms with E-state index in [2.05, 4.69) is 15.0 Å². The van der Waals surface area contributed by atoms with E-state index >= 15 is 0 Å². The third-order valence-electron chi connectivity index (χ3n) is 6.71. The normalized spacial score (nSPS) is 21.1. The number of aromatic nitrogens is 2. The molecule has 1 unspecified atom stereocenters. The molecule has 1 fully saturated rings. The van der Waals surface area contributed by atoms with Gasteiger partial charge in [-0.25, -0.2) is 4.79 Å². The van der Waals surface area contributed by atoms with Crippen LogP contribution in [-0.2, 0) is 32.2 Å². The minimum Gasteiger partial charge on any atom is -0.497 e. The van der Waals surface area contributed by atoms with E-state index in [0.29, 0.717) is 26.0 Å². The fourth-order valence-electron chi connectivity index (χ4n) is 4.70. The Kier molecular flexibility index (Phi) is 10.5. The second-order valence-corrected chi connectivity index (χ2v) is 9.26. The van der Waals surface area contributed by atoms with Gasteiger partial charge in [-0.1, -0.05) is 47.6 Å². The topological polar surface area (TPSA) is 150 Å². The number of benzene rings is 2. The van der Waals surface area contributed by atoms with E-state index in [1.165, 1.54) is 23.9 Å². The molecule has 0 amide bonds. The zero-order chi connectivity index (χ0) is 28.3. The number of hydrogen-bond donors (Lipinski definition) is 1. The summed E-state index contributed by atoms with van der Waals surface area (Å²) in [6.45, 7) is 0.854. The summed E-state index contributed by atoms with van der Waals surface area (Å²) >= 11 is 0. The molecule has 1 N–H and O–H groups in total. The summed E-state index contributed by atoms with van der Waals surface area (Å²) in [4.78, 5) is 29.5. The van der Waals surface area contributed by atoms with Gasteiger partial charge in [0.2, 0.25) is 0 Å². The van der Waals surface area contributed by atoms with Crippen LogP contribution < -0.4 is 16.0 Å². The van der Waals surface area contributed by atoms with E-state index < -0.39 is 41.9 Å². The number of azide groups is 1. The Morgan fingerprint density at radius 3 is 2.45 bits per heavy atom. The van der Waals surface area contributed by atoms with Crippen LogP contribution in [0.15, 0.2) is 81.6 Å². The molecule has 0 spiro atoms. The van der Waals surface area contributed by atoms with Gasteiger partial charge >= 0.3 is 5.69 Å². The van der Waals surface area contributed by atoms with Gasteiger partial charge in [0.1, 0.15) is 24.1 Å². The molecular weight excluding hydrogens is 518 g/mol. The third-order valence-corrected chi connectivity index (χ3v) is 6.71. The number of nitrogens with zero attached hydrogens (tertiary/aromatic N) is 4. The molecule has 3 aromatic rings. The molecule has 12 nitrogen and oxygen atoms in total.